The third kappa shape index (κ3) is 5.04. The molecule has 2 heterocycles. The molecular weight excluding hydrogens is 446 g/mol. The summed E-state index contributed by atoms with van der Waals surface area (Å²) in [6.45, 7) is 2.76. The number of ether oxygens (including phenoxy) is 1. The number of amides is 1. The normalized spacial score (nSPS) is 18.8. The molecule has 1 aliphatic heterocycles. The molecule has 10 nitrogen and oxygen atoms in total. The molecule has 2 aliphatic rings. The maximum absolute atomic E-state index is 13.2. The van der Waals surface area contributed by atoms with Crippen LogP contribution in [0.25, 0.3) is 0 Å². The first-order chi connectivity index (χ1) is 15.8. The Morgan fingerprint density at radius 2 is 1.91 bits per heavy atom. The number of methoxy groups -OCH3 is 1. The van der Waals surface area contributed by atoms with E-state index in [1.54, 1.807) is 19.1 Å². The number of hydrogen-bond acceptors (Lipinski definition) is 8. The highest BCUT2D eigenvalue weighted by Crippen LogP contribution is 2.37. The van der Waals surface area contributed by atoms with E-state index in [0.29, 0.717) is 30.5 Å². The second-order valence-corrected chi connectivity index (χ2v) is 10.6. The minimum atomic E-state index is -3.72. The summed E-state index contributed by atoms with van der Waals surface area (Å²) in [5, 5.41) is 10.2. The molecule has 1 aromatic heterocycles. The van der Waals surface area contributed by atoms with Gasteiger partial charge in [-0.25, -0.2) is 8.42 Å². The number of carbonyl (C=O) groups is 1. The molecule has 0 bridgehead atoms. The van der Waals surface area contributed by atoms with Crippen LogP contribution in [0.1, 0.15) is 56.7 Å². The van der Waals surface area contributed by atoms with Gasteiger partial charge < -0.3 is 14.6 Å². The van der Waals surface area contributed by atoms with Gasteiger partial charge in [-0.3, -0.25) is 10.1 Å². The molecule has 4 rings (SSSR count). The zero-order valence-electron chi connectivity index (χ0n) is 19.1. The molecular formula is C22H31N5O5S. The van der Waals surface area contributed by atoms with Crippen LogP contribution in [-0.4, -0.2) is 55.5 Å². The Balaban J connectivity index is 1.47. The van der Waals surface area contributed by atoms with Gasteiger partial charge >= 0.3 is 0 Å². The Bertz CT molecular complexity index is 1090. The highest BCUT2D eigenvalue weighted by Gasteiger charge is 2.40. The van der Waals surface area contributed by atoms with Crippen molar-refractivity contribution in [2.75, 3.05) is 32.1 Å². The van der Waals surface area contributed by atoms with Crippen molar-refractivity contribution in [3.63, 3.8) is 0 Å². The summed E-state index contributed by atoms with van der Waals surface area (Å²) < 4.78 is 38.3. The number of piperidine rings is 1. The number of nitrogens with zero attached hydrogens (tertiary/aromatic N) is 3. The quantitative estimate of drug-likeness (QED) is 0.594. The van der Waals surface area contributed by atoms with Crippen molar-refractivity contribution in [1.82, 2.24) is 19.8 Å². The monoisotopic (exact) mass is 477 g/mol. The highest BCUT2D eigenvalue weighted by molar-refractivity contribution is 7.89. The Kier molecular flexibility index (Phi) is 7.01. The molecule has 33 heavy (non-hydrogen) atoms. The highest BCUT2D eigenvalue weighted by atomic mass is 32.2. The number of anilines is 1. The molecule has 1 aliphatic carbocycles. The van der Waals surface area contributed by atoms with E-state index in [2.05, 4.69) is 20.8 Å². The number of sulfonamides is 1. The maximum Gasteiger partial charge on any atom is 0.246 e. The fourth-order valence-electron chi connectivity index (χ4n) is 4.61. The van der Waals surface area contributed by atoms with E-state index in [4.69, 9.17) is 9.26 Å². The number of nitrogens with one attached hydrogen (secondary N) is 2. The molecule has 0 spiro atoms. The van der Waals surface area contributed by atoms with Gasteiger partial charge in [-0.05, 0) is 43.9 Å². The van der Waals surface area contributed by atoms with E-state index in [-0.39, 0.29) is 23.1 Å². The largest absolute Gasteiger partial charge is 0.495 e. The van der Waals surface area contributed by atoms with Crippen LogP contribution in [0, 0.1) is 6.92 Å². The lowest BCUT2D eigenvalue weighted by Gasteiger charge is -2.27. The number of benzene rings is 1. The minimum absolute atomic E-state index is 0.0355. The lowest BCUT2D eigenvalue weighted by Crippen LogP contribution is -2.44. The van der Waals surface area contributed by atoms with Crippen molar-refractivity contribution in [2.24, 2.45) is 0 Å². The predicted molar refractivity (Wildman–Crippen MR) is 121 cm³/mol. The van der Waals surface area contributed by atoms with E-state index >= 15 is 0 Å². The third-order valence-electron chi connectivity index (χ3n) is 6.38. The van der Waals surface area contributed by atoms with Gasteiger partial charge in [-0.1, -0.05) is 24.4 Å². The molecule has 180 valence electrons. The van der Waals surface area contributed by atoms with Crippen molar-refractivity contribution < 1.29 is 22.5 Å². The van der Waals surface area contributed by atoms with Gasteiger partial charge in [-0.15, -0.1) is 0 Å². The van der Waals surface area contributed by atoms with Crippen molar-refractivity contribution in [3.05, 3.63) is 29.9 Å². The van der Waals surface area contributed by atoms with Crippen LogP contribution in [0.15, 0.2) is 27.6 Å². The zero-order valence-corrected chi connectivity index (χ0v) is 19.9. The second-order valence-electron chi connectivity index (χ2n) is 8.66. The van der Waals surface area contributed by atoms with E-state index in [1.165, 1.54) is 17.5 Å². The summed E-state index contributed by atoms with van der Waals surface area (Å²) in [5.41, 5.74) is -0.0910. The molecule has 2 N–H and O–H groups in total. The standard InChI is InChI=1S/C22H31N5O5S/c1-16-24-21(26-32-16)22(10-4-5-11-22)23-15-20(28)25-17-8-9-18(31-2)19(14-17)33(29,30)27-12-6-3-7-13-27/h8-9,14,23H,3-7,10-13,15H2,1-2H3,(H,25,28). The molecule has 11 heteroatoms. The van der Waals surface area contributed by atoms with Crippen LogP contribution in [0.5, 0.6) is 5.75 Å². The van der Waals surface area contributed by atoms with E-state index in [9.17, 15) is 13.2 Å². The number of aryl methyl sites for hydroxylation is 1. The predicted octanol–water partition coefficient (Wildman–Crippen LogP) is 2.56. The number of hydrogen-bond donors (Lipinski definition) is 2. The van der Waals surface area contributed by atoms with Gasteiger partial charge in [0.1, 0.15) is 10.6 Å². The van der Waals surface area contributed by atoms with Gasteiger partial charge in [0.05, 0.1) is 19.2 Å². The summed E-state index contributed by atoms with van der Waals surface area (Å²) in [5.74, 6) is 1.04. The van der Waals surface area contributed by atoms with Crippen LogP contribution < -0.4 is 15.4 Å². The van der Waals surface area contributed by atoms with Gasteiger partial charge in [0.15, 0.2) is 5.82 Å². The first-order valence-corrected chi connectivity index (χ1v) is 12.8. The van der Waals surface area contributed by atoms with Gasteiger partial charge in [0.25, 0.3) is 0 Å². The Morgan fingerprint density at radius 3 is 2.55 bits per heavy atom. The van der Waals surface area contributed by atoms with Gasteiger partial charge in [0.2, 0.25) is 21.8 Å². The number of aromatic nitrogens is 2. The fraction of sp³-hybridized carbons (Fsp3) is 0.591. The average Bonchev–Trinajstić information content (AvgIpc) is 3.48. The fourth-order valence-corrected chi connectivity index (χ4v) is 6.31. The van der Waals surface area contributed by atoms with Crippen LogP contribution in [0.2, 0.25) is 0 Å². The van der Waals surface area contributed by atoms with E-state index in [1.807, 2.05) is 0 Å². The molecule has 0 unspecified atom stereocenters. The number of carbonyl (C=O) groups excluding carboxylic acids is 1. The van der Waals surface area contributed by atoms with E-state index < -0.39 is 15.6 Å². The van der Waals surface area contributed by atoms with Crippen molar-refractivity contribution in [3.8, 4) is 5.75 Å². The molecule has 0 radical (unpaired) electrons. The Morgan fingerprint density at radius 1 is 1.18 bits per heavy atom. The summed E-state index contributed by atoms with van der Waals surface area (Å²) >= 11 is 0. The number of rotatable bonds is 8. The van der Waals surface area contributed by atoms with Crippen LogP contribution >= 0.6 is 0 Å². The van der Waals surface area contributed by atoms with Crippen molar-refractivity contribution >= 4 is 21.6 Å². The lowest BCUT2D eigenvalue weighted by atomic mass is 9.96. The topological polar surface area (TPSA) is 127 Å². The molecule has 1 saturated heterocycles. The molecule has 2 fully saturated rings. The molecule has 1 aromatic carbocycles. The lowest BCUT2D eigenvalue weighted by molar-refractivity contribution is -0.115. The van der Waals surface area contributed by atoms with Crippen molar-refractivity contribution in [1.29, 1.82) is 0 Å². The van der Waals surface area contributed by atoms with Crippen LogP contribution in [0.3, 0.4) is 0 Å². The van der Waals surface area contributed by atoms with Gasteiger partial charge in [0, 0.05) is 25.7 Å². The molecule has 0 atom stereocenters. The van der Waals surface area contributed by atoms with E-state index in [0.717, 1.165) is 44.9 Å². The van der Waals surface area contributed by atoms with Crippen molar-refractivity contribution in [2.45, 2.75) is 62.3 Å². The molecule has 2 aromatic rings. The summed E-state index contributed by atoms with van der Waals surface area (Å²) in [6.07, 6.45) is 6.37. The molecule has 1 amide bonds. The maximum atomic E-state index is 13.2. The summed E-state index contributed by atoms with van der Waals surface area (Å²) in [6, 6.07) is 4.68. The van der Waals surface area contributed by atoms with Crippen LogP contribution in [0.4, 0.5) is 5.69 Å². The Hall–Kier alpha value is -2.50. The van der Waals surface area contributed by atoms with Gasteiger partial charge in [-0.2, -0.15) is 9.29 Å². The smallest absolute Gasteiger partial charge is 0.246 e. The third-order valence-corrected chi connectivity index (χ3v) is 8.30. The SMILES string of the molecule is COc1ccc(NC(=O)CNC2(c3noc(C)n3)CCCC2)cc1S(=O)(=O)N1CCCCC1. The summed E-state index contributed by atoms with van der Waals surface area (Å²) in [7, 11) is -2.28. The minimum Gasteiger partial charge on any atom is -0.495 e. The van der Waals surface area contributed by atoms with Crippen LogP contribution in [-0.2, 0) is 20.4 Å². The Labute approximate surface area is 194 Å². The first kappa shape index (κ1) is 23.7. The second kappa shape index (κ2) is 9.78. The summed E-state index contributed by atoms with van der Waals surface area (Å²) in [4.78, 5) is 17.2. The zero-order chi connectivity index (χ0) is 23.5. The first-order valence-electron chi connectivity index (χ1n) is 11.4. The molecule has 1 saturated carbocycles. The average molecular weight is 478 g/mol.